The molecule has 0 fully saturated rings. The number of rotatable bonds is 3. The van der Waals surface area contributed by atoms with E-state index in [9.17, 15) is 0 Å². The molecule has 1 N–H and O–H groups in total. The molecule has 2 heterocycles. The number of nitrogens with one attached hydrogen (secondary N) is 1. The molecule has 0 saturated heterocycles. The maximum absolute atomic E-state index is 5.25. The van der Waals surface area contributed by atoms with Crippen molar-refractivity contribution in [2.75, 3.05) is 6.61 Å². The first-order chi connectivity index (χ1) is 7.31. The number of hydrogen-bond donors (Lipinski definition) is 1. The van der Waals surface area contributed by atoms with Gasteiger partial charge < -0.3 is 9.72 Å². The highest BCUT2D eigenvalue weighted by molar-refractivity contribution is 7.71. The van der Waals surface area contributed by atoms with Gasteiger partial charge >= 0.3 is 0 Å². The van der Waals surface area contributed by atoms with Crippen molar-refractivity contribution in [1.82, 2.24) is 14.5 Å². The first kappa shape index (κ1) is 9.92. The van der Waals surface area contributed by atoms with E-state index in [-0.39, 0.29) is 0 Å². The second-order valence-electron chi connectivity index (χ2n) is 2.92. The highest BCUT2D eigenvalue weighted by Crippen LogP contribution is 2.11. The summed E-state index contributed by atoms with van der Waals surface area (Å²) < 4.78 is 7.75. The van der Waals surface area contributed by atoms with Gasteiger partial charge in [0.25, 0.3) is 0 Å². The average molecular weight is 221 g/mol. The van der Waals surface area contributed by atoms with Crippen LogP contribution >= 0.6 is 12.2 Å². The van der Waals surface area contributed by atoms with Gasteiger partial charge in [0, 0.05) is 18.5 Å². The van der Waals surface area contributed by atoms with Gasteiger partial charge in [-0.3, -0.25) is 4.57 Å². The third-order valence-electron chi connectivity index (χ3n) is 1.94. The Bertz CT molecular complexity index is 486. The standard InChI is InChI=1S/C10H11N3OS/c1-2-14-9-4-3-8(7-12-9)13-6-5-11-10(13)15/h3-7H,2H2,1H3,(H,11,15). The molecule has 0 aromatic carbocycles. The van der Waals surface area contributed by atoms with Crippen molar-refractivity contribution in [3.63, 3.8) is 0 Å². The van der Waals surface area contributed by atoms with Gasteiger partial charge in [-0.1, -0.05) is 0 Å². The molecule has 0 saturated carbocycles. The van der Waals surface area contributed by atoms with Gasteiger partial charge in [-0.25, -0.2) is 4.98 Å². The molecule has 15 heavy (non-hydrogen) atoms. The number of ether oxygens (including phenoxy) is 1. The Morgan fingerprint density at radius 3 is 2.93 bits per heavy atom. The molecule has 78 valence electrons. The summed E-state index contributed by atoms with van der Waals surface area (Å²) in [6.07, 6.45) is 5.38. The molecule has 2 aromatic rings. The van der Waals surface area contributed by atoms with Gasteiger partial charge in [0.15, 0.2) is 4.77 Å². The lowest BCUT2D eigenvalue weighted by Crippen LogP contribution is -1.97. The van der Waals surface area contributed by atoms with Crippen LogP contribution in [0.2, 0.25) is 0 Å². The zero-order valence-corrected chi connectivity index (χ0v) is 9.12. The summed E-state index contributed by atoms with van der Waals surface area (Å²) >= 11 is 5.10. The molecule has 4 nitrogen and oxygen atoms in total. The third-order valence-corrected chi connectivity index (χ3v) is 2.25. The van der Waals surface area contributed by atoms with Crippen molar-refractivity contribution in [2.24, 2.45) is 0 Å². The molecule has 0 spiro atoms. The van der Waals surface area contributed by atoms with Crippen molar-refractivity contribution < 1.29 is 4.74 Å². The highest BCUT2D eigenvalue weighted by Gasteiger charge is 1.98. The fraction of sp³-hybridized carbons (Fsp3) is 0.200. The molecular formula is C10H11N3OS. The molecule has 5 heteroatoms. The second-order valence-corrected chi connectivity index (χ2v) is 3.31. The Kier molecular flexibility index (Phi) is 2.82. The summed E-state index contributed by atoms with van der Waals surface area (Å²) in [5.41, 5.74) is 0.921. The van der Waals surface area contributed by atoms with Gasteiger partial charge in [0.2, 0.25) is 5.88 Å². The lowest BCUT2D eigenvalue weighted by molar-refractivity contribution is 0.327. The van der Waals surface area contributed by atoms with Crippen molar-refractivity contribution in [3.8, 4) is 11.6 Å². The summed E-state index contributed by atoms with van der Waals surface area (Å²) in [5, 5.41) is 0. The van der Waals surface area contributed by atoms with Crippen LogP contribution in [0.5, 0.6) is 5.88 Å². The van der Waals surface area contributed by atoms with Gasteiger partial charge in [0.05, 0.1) is 18.5 Å². The smallest absolute Gasteiger partial charge is 0.213 e. The molecule has 0 aliphatic carbocycles. The number of aromatic nitrogens is 3. The van der Waals surface area contributed by atoms with Crippen molar-refractivity contribution >= 4 is 12.2 Å². The zero-order valence-electron chi connectivity index (χ0n) is 8.30. The Balaban J connectivity index is 2.32. The molecule has 0 aliphatic rings. The summed E-state index contributed by atoms with van der Waals surface area (Å²) in [6, 6.07) is 3.75. The maximum atomic E-state index is 5.25. The molecule has 2 rings (SSSR count). The Morgan fingerprint density at radius 2 is 2.40 bits per heavy atom. The summed E-state index contributed by atoms with van der Waals surface area (Å²) in [7, 11) is 0. The summed E-state index contributed by atoms with van der Waals surface area (Å²) in [5.74, 6) is 0.628. The molecular weight excluding hydrogens is 210 g/mol. The van der Waals surface area contributed by atoms with E-state index >= 15 is 0 Å². The SMILES string of the molecule is CCOc1ccc(-n2cc[nH]c2=S)cn1. The van der Waals surface area contributed by atoms with E-state index in [1.54, 1.807) is 12.4 Å². The van der Waals surface area contributed by atoms with Crippen LogP contribution in [0.3, 0.4) is 0 Å². The third kappa shape index (κ3) is 2.07. The van der Waals surface area contributed by atoms with Crippen LogP contribution in [-0.2, 0) is 0 Å². The fourth-order valence-electron chi connectivity index (χ4n) is 1.27. The monoisotopic (exact) mass is 221 g/mol. The zero-order chi connectivity index (χ0) is 10.7. The highest BCUT2D eigenvalue weighted by atomic mass is 32.1. The van der Waals surface area contributed by atoms with E-state index in [0.29, 0.717) is 17.3 Å². The largest absolute Gasteiger partial charge is 0.478 e. The molecule has 0 radical (unpaired) electrons. The molecule has 0 unspecified atom stereocenters. The van der Waals surface area contributed by atoms with Gasteiger partial charge in [-0.2, -0.15) is 0 Å². The predicted molar refractivity (Wildman–Crippen MR) is 59.9 cm³/mol. The van der Waals surface area contributed by atoms with Crippen LogP contribution in [0.4, 0.5) is 0 Å². The number of nitrogens with zero attached hydrogens (tertiary/aromatic N) is 2. The quantitative estimate of drug-likeness (QED) is 0.809. The number of hydrogen-bond acceptors (Lipinski definition) is 3. The van der Waals surface area contributed by atoms with E-state index in [1.807, 2.05) is 29.8 Å². The van der Waals surface area contributed by atoms with Crippen LogP contribution in [0.1, 0.15) is 6.92 Å². The van der Waals surface area contributed by atoms with Crippen LogP contribution < -0.4 is 4.74 Å². The molecule has 2 aromatic heterocycles. The van der Waals surface area contributed by atoms with Crippen molar-refractivity contribution in [3.05, 3.63) is 35.5 Å². The van der Waals surface area contributed by atoms with E-state index in [1.165, 1.54) is 0 Å². The van der Waals surface area contributed by atoms with Gasteiger partial charge in [0.1, 0.15) is 0 Å². The second kappa shape index (κ2) is 4.27. The predicted octanol–water partition coefficient (Wildman–Crippen LogP) is 2.33. The lowest BCUT2D eigenvalue weighted by Gasteiger charge is -2.04. The Hall–Kier alpha value is -1.62. The van der Waals surface area contributed by atoms with Crippen molar-refractivity contribution in [2.45, 2.75) is 6.92 Å². The van der Waals surface area contributed by atoms with Gasteiger partial charge in [-0.15, -0.1) is 0 Å². The maximum Gasteiger partial charge on any atom is 0.213 e. The van der Waals surface area contributed by atoms with E-state index in [0.717, 1.165) is 5.69 Å². The van der Waals surface area contributed by atoms with E-state index < -0.39 is 0 Å². The summed E-state index contributed by atoms with van der Waals surface area (Å²) in [6.45, 7) is 2.55. The first-order valence-electron chi connectivity index (χ1n) is 4.66. The van der Waals surface area contributed by atoms with Crippen LogP contribution in [0, 0.1) is 4.77 Å². The van der Waals surface area contributed by atoms with Crippen molar-refractivity contribution in [1.29, 1.82) is 0 Å². The van der Waals surface area contributed by atoms with Crippen LogP contribution in [-0.4, -0.2) is 21.1 Å². The minimum Gasteiger partial charge on any atom is -0.478 e. The number of aromatic amines is 1. The minimum atomic E-state index is 0.621. The molecule has 0 amide bonds. The topological polar surface area (TPSA) is 42.8 Å². The Labute approximate surface area is 92.5 Å². The number of H-pyrrole nitrogens is 1. The normalized spacial score (nSPS) is 10.2. The lowest BCUT2D eigenvalue weighted by atomic mass is 10.4. The average Bonchev–Trinajstić information content (AvgIpc) is 2.66. The minimum absolute atomic E-state index is 0.621. The van der Waals surface area contributed by atoms with E-state index in [2.05, 4.69) is 9.97 Å². The molecule has 0 bridgehead atoms. The van der Waals surface area contributed by atoms with E-state index in [4.69, 9.17) is 17.0 Å². The van der Waals surface area contributed by atoms with Crippen LogP contribution in [0.15, 0.2) is 30.7 Å². The number of pyridine rings is 1. The fourth-order valence-corrected chi connectivity index (χ4v) is 1.51. The number of imidazole rings is 1. The first-order valence-corrected chi connectivity index (χ1v) is 5.07. The van der Waals surface area contributed by atoms with Gasteiger partial charge in [-0.05, 0) is 25.2 Å². The molecule has 0 atom stereocenters. The summed E-state index contributed by atoms with van der Waals surface area (Å²) in [4.78, 5) is 7.09. The van der Waals surface area contributed by atoms with Crippen LogP contribution in [0.25, 0.3) is 5.69 Å². The Morgan fingerprint density at radius 1 is 1.53 bits per heavy atom. The molecule has 0 aliphatic heterocycles.